The van der Waals surface area contributed by atoms with Crippen LogP contribution in [-0.4, -0.2) is 23.1 Å². The van der Waals surface area contributed by atoms with Gasteiger partial charge >= 0.3 is 5.97 Å². The van der Waals surface area contributed by atoms with Crippen LogP contribution in [0.1, 0.15) is 12.5 Å². The molecule has 0 heterocycles. The first-order chi connectivity index (χ1) is 12.4. The minimum absolute atomic E-state index is 0.137. The SMILES string of the molecule is C[C@H](Oc1ccc(/C=C(/C#N)C(=O)Nc2ccc(F)cc2)cc1)C(=O)O. The third-order valence-electron chi connectivity index (χ3n) is 3.32. The zero-order chi connectivity index (χ0) is 19.1. The summed E-state index contributed by atoms with van der Waals surface area (Å²) in [5.41, 5.74) is 0.789. The maximum Gasteiger partial charge on any atom is 0.344 e. The van der Waals surface area contributed by atoms with Crippen molar-refractivity contribution >= 4 is 23.6 Å². The predicted octanol–water partition coefficient (Wildman–Crippen LogP) is 3.22. The molecule has 0 fully saturated rings. The summed E-state index contributed by atoms with van der Waals surface area (Å²) in [4.78, 5) is 22.9. The molecule has 6 nitrogen and oxygen atoms in total. The Morgan fingerprint density at radius 1 is 1.19 bits per heavy atom. The molecule has 0 unspecified atom stereocenters. The van der Waals surface area contributed by atoms with Crippen LogP contribution in [0.3, 0.4) is 0 Å². The molecule has 1 amide bonds. The number of carbonyl (C=O) groups is 2. The molecule has 0 saturated heterocycles. The number of ether oxygens (including phenoxy) is 1. The van der Waals surface area contributed by atoms with Crippen LogP contribution in [0.5, 0.6) is 5.75 Å². The number of amides is 1. The number of aliphatic carboxylic acids is 1. The van der Waals surface area contributed by atoms with E-state index in [2.05, 4.69) is 5.32 Å². The first-order valence-corrected chi connectivity index (χ1v) is 7.57. The van der Waals surface area contributed by atoms with Gasteiger partial charge in [0, 0.05) is 5.69 Å². The quantitative estimate of drug-likeness (QED) is 0.613. The van der Waals surface area contributed by atoms with Crippen LogP contribution in [0.2, 0.25) is 0 Å². The molecule has 7 heteroatoms. The number of hydrogen-bond donors (Lipinski definition) is 2. The van der Waals surface area contributed by atoms with E-state index in [1.807, 2.05) is 6.07 Å². The van der Waals surface area contributed by atoms with Gasteiger partial charge in [0.05, 0.1) is 0 Å². The lowest BCUT2D eigenvalue weighted by Crippen LogP contribution is -2.22. The van der Waals surface area contributed by atoms with E-state index in [4.69, 9.17) is 9.84 Å². The van der Waals surface area contributed by atoms with Gasteiger partial charge in [0.25, 0.3) is 5.91 Å². The van der Waals surface area contributed by atoms with Crippen LogP contribution in [-0.2, 0) is 9.59 Å². The molecule has 2 rings (SSSR count). The van der Waals surface area contributed by atoms with Gasteiger partial charge in [-0.05, 0) is 55.0 Å². The van der Waals surface area contributed by atoms with Crippen LogP contribution in [0.15, 0.2) is 54.1 Å². The smallest absolute Gasteiger partial charge is 0.344 e. The van der Waals surface area contributed by atoms with Crippen molar-refractivity contribution in [3.63, 3.8) is 0 Å². The Kier molecular flexibility index (Phi) is 6.06. The normalized spacial score (nSPS) is 12.0. The van der Waals surface area contributed by atoms with Gasteiger partial charge in [-0.2, -0.15) is 5.26 Å². The summed E-state index contributed by atoms with van der Waals surface area (Å²) in [7, 11) is 0. The topological polar surface area (TPSA) is 99.4 Å². The monoisotopic (exact) mass is 354 g/mol. The first kappa shape index (κ1) is 18.7. The van der Waals surface area contributed by atoms with Crippen molar-refractivity contribution in [2.45, 2.75) is 13.0 Å². The van der Waals surface area contributed by atoms with Gasteiger partial charge in [-0.1, -0.05) is 12.1 Å². The minimum atomic E-state index is -1.08. The fourth-order valence-electron chi connectivity index (χ4n) is 1.94. The van der Waals surface area contributed by atoms with Gasteiger partial charge in [-0.15, -0.1) is 0 Å². The number of hydrogen-bond acceptors (Lipinski definition) is 4. The third kappa shape index (κ3) is 5.18. The van der Waals surface area contributed by atoms with E-state index >= 15 is 0 Å². The number of rotatable bonds is 6. The molecule has 0 spiro atoms. The average Bonchev–Trinajstić information content (AvgIpc) is 2.62. The van der Waals surface area contributed by atoms with Crippen molar-refractivity contribution in [3.05, 3.63) is 65.5 Å². The Labute approximate surface area is 149 Å². The molecule has 2 N–H and O–H groups in total. The summed E-state index contributed by atoms with van der Waals surface area (Å²) >= 11 is 0. The average molecular weight is 354 g/mol. The standard InChI is InChI=1S/C19H15FN2O4/c1-12(19(24)25)26-17-8-2-13(3-9-17)10-14(11-21)18(23)22-16-6-4-15(20)5-7-16/h2-10,12H,1H3,(H,22,23)(H,24,25)/b14-10-/t12-/m0/s1. The number of halogens is 1. The largest absolute Gasteiger partial charge is 0.479 e. The number of nitrogens with one attached hydrogen (secondary N) is 1. The summed E-state index contributed by atoms with van der Waals surface area (Å²) in [6, 6.07) is 13.2. The van der Waals surface area contributed by atoms with E-state index in [0.29, 0.717) is 17.0 Å². The summed E-state index contributed by atoms with van der Waals surface area (Å²) in [5.74, 6) is -1.79. The molecule has 2 aromatic rings. The van der Waals surface area contributed by atoms with Crippen LogP contribution < -0.4 is 10.1 Å². The van der Waals surface area contributed by atoms with Crippen LogP contribution in [0, 0.1) is 17.1 Å². The second kappa shape index (κ2) is 8.44. The zero-order valence-corrected chi connectivity index (χ0v) is 13.8. The highest BCUT2D eigenvalue weighted by atomic mass is 19.1. The Hall–Kier alpha value is -3.66. The summed E-state index contributed by atoms with van der Waals surface area (Å²) in [5, 5.41) is 20.5. The molecule has 0 aromatic heterocycles. The van der Waals surface area contributed by atoms with Gasteiger partial charge in [-0.25, -0.2) is 9.18 Å². The molecule has 0 bridgehead atoms. The van der Waals surface area contributed by atoms with Crippen molar-refractivity contribution in [3.8, 4) is 11.8 Å². The molecular weight excluding hydrogens is 339 g/mol. The van der Waals surface area contributed by atoms with Gasteiger partial charge in [-0.3, -0.25) is 4.79 Å². The Morgan fingerprint density at radius 2 is 1.81 bits per heavy atom. The summed E-state index contributed by atoms with van der Waals surface area (Å²) in [6.45, 7) is 1.41. The van der Waals surface area contributed by atoms with E-state index in [9.17, 15) is 19.2 Å². The lowest BCUT2D eigenvalue weighted by atomic mass is 10.1. The number of carbonyl (C=O) groups excluding carboxylic acids is 1. The molecule has 1 atom stereocenters. The Balaban J connectivity index is 2.10. The van der Waals surface area contributed by atoms with Crippen molar-refractivity contribution in [1.82, 2.24) is 0 Å². The van der Waals surface area contributed by atoms with E-state index in [1.165, 1.54) is 49.4 Å². The molecule has 2 aromatic carbocycles. The van der Waals surface area contributed by atoms with E-state index < -0.39 is 23.8 Å². The number of carboxylic acid groups (broad SMARTS) is 1. The highest BCUT2D eigenvalue weighted by Gasteiger charge is 2.12. The number of benzene rings is 2. The highest BCUT2D eigenvalue weighted by molar-refractivity contribution is 6.09. The maximum atomic E-state index is 12.9. The number of carboxylic acids is 1. The second-order valence-electron chi connectivity index (χ2n) is 5.30. The molecule has 132 valence electrons. The van der Waals surface area contributed by atoms with Crippen molar-refractivity contribution in [2.75, 3.05) is 5.32 Å². The molecule has 0 saturated carbocycles. The molecule has 0 aliphatic heterocycles. The van der Waals surface area contributed by atoms with Gasteiger partial charge in [0.15, 0.2) is 6.10 Å². The summed E-state index contributed by atoms with van der Waals surface area (Å²) in [6.07, 6.45) is 0.385. The predicted molar refractivity (Wildman–Crippen MR) is 92.8 cm³/mol. The zero-order valence-electron chi connectivity index (χ0n) is 13.8. The van der Waals surface area contributed by atoms with E-state index in [-0.39, 0.29) is 5.57 Å². The summed E-state index contributed by atoms with van der Waals surface area (Å²) < 4.78 is 18.1. The number of nitrogens with zero attached hydrogens (tertiary/aromatic N) is 1. The molecule has 0 aliphatic rings. The fraction of sp³-hybridized carbons (Fsp3) is 0.105. The van der Waals surface area contributed by atoms with Crippen LogP contribution >= 0.6 is 0 Å². The van der Waals surface area contributed by atoms with Crippen LogP contribution in [0.25, 0.3) is 6.08 Å². The van der Waals surface area contributed by atoms with Crippen molar-refractivity contribution in [2.24, 2.45) is 0 Å². The van der Waals surface area contributed by atoms with E-state index in [1.54, 1.807) is 12.1 Å². The van der Waals surface area contributed by atoms with Crippen LogP contribution in [0.4, 0.5) is 10.1 Å². The second-order valence-corrected chi connectivity index (χ2v) is 5.30. The Morgan fingerprint density at radius 3 is 2.35 bits per heavy atom. The highest BCUT2D eigenvalue weighted by Crippen LogP contribution is 2.17. The molecule has 26 heavy (non-hydrogen) atoms. The lowest BCUT2D eigenvalue weighted by Gasteiger charge is -2.10. The van der Waals surface area contributed by atoms with Gasteiger partial charge < -0.3 is 15.2 Å². The maximum absolute atomic E-state index is 12.9. The van der Waals surface area contributed by atoms with Gasteiger partial charge in [0.2, 0.25) is 0 Å². The minimum Gasteiger partial charge on any atom is -0.479 e. The fourth-order valence-corrected chi connectivity index (χ4v) is 1.94. The van der Waals surface area contributed by atoms with Crippen molar-refractivity contribution < 1.29 is 23.8 Å². The van der Waals surface area contributed by atoms with Crippen molar-refractivity contribution in [1.29, 1.82) is 5.26 Å². The molecule has 0 aliphatic carbocycles. The Bertz CT molecular complexity index is 868. The van der Waals surface area contributed by atoms with Gasteiger partial charge in [0.1, 0.15) is 23.2 Å². The number of anilines is 1. The first-order valence-electron chi connectivity index (χ1n) is 7.57. The number of nitriles is 1. The molecule has 0 radical (unpaired) electrons. The molecular formula is C19H15FN2O4. The third-order valence-corrected chi connectivity index (χ3v) is 3.32. The van der Waals surface area contributed by atoms with E-state index in [0.717, 1.165) is 0 Å². The lowest BCUT2D eigenvalue weighted by molar-refractivity contribution is -0.144.